The van der Waals surface area contributed by atoms with Gasteiger partial charge in [-0.25, -0.2) is 4.98 Å². The molecule has 4 aromatic rings. The third-order valence-corrected chi connectivity index (χ3v) is 5.94. The molecule has 0 saturated heterocycles. The summed E-state index contributed by atoms with van der Waals surface area (Å²) in [5, 5.41) is 2.00. The van der Waals surface area contributed by atoms with Gasteiger partial charge in [-0.1, -0.05) is 31.2 Å². The van der Waals surface area contributed by atoms with Gasteiger partial charge in [0.05, 0.1) is 19.2 Å². The Balaban J connectivity index is 1.63. The maximum absolute atomic E-state index is 11.7. The molecule has 0 bridgehead atoms. The summed E-state index contributed by atoms with van der Waals surface area (Å²) in [6.45, 7) is 4.41. The fourth-order valence-electron chi connectivity index (χ4n) is 4.11. The zero-order chi connectivity index (χ0) is 23.4. The number of methoxy groups -OCH3 is 1. The lowest BCUT2D eigenvalue weighted by Gasteiger charge is -2.14. The van der Waals surface area contributed by atoms with Crippen LogP contribution in [0.25, 0.3) is 21.8 Å². The van der Waals surface area contributed by atoms with E-state index in [9.17, 15) is 4.79 Å². The van der Waals surface area contributed by atoms with Gasteiger partial charge < -0.3 is 15.2 Å². The number of hydrogen-bond acceptors (Lipinski definition) is 6. The quantitative estimate of drug-likeness (QED) is 0.297. The highest BCUT2D eigenvalue weighted by Crippen LogP contribution is 2.31. The van der Waals surface area contributed by atoms with E-state index >= 15 is 0 Å². The average Bonchev–Trinajstić information content (AvgIpc) is 2.83. The van der Waals surface area contributed by atoms with Crippen molar-refractivity contribution in [2.24, 2.45) is 0 Å². The average molecular weight is 444 g/mol. The van der Waals surface area contributed by atoms with E-state index in [0.717, 1.165) is 39.6 Å². The van der Waals surface area contributed by atoms with E-state index in [4.69, 9.17) is 15.2 Å². The van der Waals surface area contributed by atoms with E-state index in [1.165, 1.54) is 5.56 Å². The molecule has 6 heteroatoms. The normalized spacial score (nSPS) is 12.1. The Morgan fingerprint density at radius 1 is 1.06 bits per heavy atom. The maximum Gasteiger partial charge on any atom is 0.306 e. The first-order valence-electron chi connectivity index (χ1n) is 11.2. The second-order valence-corrected chi connectivity index (χ2v) is 8.27. The maximum atomic E-state index is 11.7. The molecule has 2 heterocycles. The number of fused-ring (bicyclic) bond motifs is 3. The Labute approximate surface area is 193 Å². The van der Waals surface area contributed by atoms with Crippen molar-refractivity contribution in [1.29, 1.82) is 0 Å². The Morgan fingerprint density at radius 3 is 2.55 bits per heavy atom. The van der Waals surface area contributed by atoms with Crippen molar-refractivity contribution in [2.45, 2.75) is 39.0 Å². The molecule has 4 rings (SSSR count). The SMILES string of the molecule is CCOC(=O)CCc1ccc2c(c1)nc(N)c1ncc(C(C)Cc3ccc(OC)cc3)cc12. The van der Waals surface area contributed by atoms with Crippen molar-refractivity contribution >= 4 is 33.6 Å². The minimum Gasteiger partial charge on any atom is -0.497 e. The number of nitrogen functional groups attached to an aromatic ring is 1. The van der Waals surface area contributed by atoms with Crippen LogP contribution in [0.3, 0.4) is 0 Å². The van der Waals surface area contributed by atoms with Crippen molar-refractivity contribution in [3.05, 3.63) is 71.4 Å². The molecule has 0 aliphatic carbocycles. The van der Waals surface area contributed by atoms with Crippen LogP contribution in [0.5, 0.6) is 5.75 Å². The van der Waals surface area contributed by atoms with Crippen LogP contribution in [0.2, 0.25) is 0 Å². The van der Waals surface area contributed by atoms with E-state index in [2.05, 4.69) is 35.1 Å². The summed E-state index contributed by atoms with van der Waals surface area (Å²) in [4.78, 5) is 20.9. The number of benzene rings is 2. The standard InChI is InChI=1S/C27H29N3O3/c1-4-33-25(31)12-8-19-7-11-22-23-15-20(16-29-26(23)27(28)30-24(22)14-19)17(2)13-18-5-9-21(32-3)10-6-18/h5-7,9-11,14-17H,4,8,12-13H2,1-3H3,(H2,28,30). The molecule has 1 atom stereocenters. The van der Waals surface area contributed by atoms with Gasteiger partial charge in [0.15, 0.2) is 5.82 Å². The van der Waals surface area contributed by atoms with Gasteiger partial charge in [-0.15, -0.1) is 0 Å². The first kappa shape index (κ1) is 22.5. The lowest BCUT2D eigenvalue weighted by atomic mass is 9.93. The molecule has 2 aromatic carbocycles. The number of aryl methyl sites for hydroxylation is 1. The van der Waals surface area contributed by atoms with E-state index in [1.54, 1.807) is 7.11 Å². The molecule has 0 spiro atoms. The summed E-state index contributed by atoms with van der Waals surface area (Å²) in [6.07, 6.45) is 3.74. The summed E-state index contributed by atoms with van der Waals surface area (Å²) in [6, 6.07) is 16.4. The predicted octanol–water partition coefficient (Wildman–Crippen LogP) is 5.22. The monoisotopic (exact) mass is 443 g/mol. The Morgan fingerprint density at radius 2 is 1.82 bits per heavy atom. The number of aromatic nitrogens is 2. The fourth-order valence-corrected chi connectivity index (χ4v) is 4.11. The Hall–Kier alpha value is -3.67. The van der Waals surface area contributed by atoms with Crippen LogP contribution in [0.1, 0.15) is 42.9 Å². The summed E-state index contributed by atoms with van der Waals surface area (Å²) in [7, 11) is 1.67. The lowest BCUT2D eigenvalue weighted by molar-refractivity contribution is -0.143. The summed E-state index contributed by atoms with van der Waals surface area (Å²) >= 11 is 0. The topological polar surface area (TPSA) is 87.3 Å². The fraction of sp³-hybridized carbons (Fsp3) is 0.296. The molecule has 2 N–H and O–H groups in total. The van der Waals surface area contributed by atoms with Crippen LogP contribution in [0.15, 0.2) is 54.7 Å². The molecule has 0 aliphatic rings. The van der Waals surface area contributed by atoms with Crippen LogP contribution >= 0.6 is 0 Å². The van der Waals surface area contributed by atoms with Crippen molar-refractivity contribution < 1.29 is 14.3 Å². The van der Waals surface area contributed by atoms with E-state index in [-0.39, 0.29) is 11.9 Å². The molecular weight excluding hydrogens is 414 g/mol. The highest BCUT2D eigenvalue weighted by molar-refractivity contribution is 6.08. The third kappa shape index (κ3) is 5.06. The zero-order valence-corrected chi connectivity index (χ0v) is 19.3. The number of nitrogens with two attached hydrogens (primary N) is 1. The number of ether oxygens (including phenoxy) is 2. The smallest absolute Gasteiger partial charge is 0.306 e. The second kappa shape index (κ2) is 9.86. The van der Waals surface area contributed by atoms with Gasteiger partial charge >= 0.3 is 5.97 Å². The van der Waals surface area contributed by atoms with Gasteiger partial charge in [0.25, 0.3) is 0 Å². The van der Waals surface area contributed by atoms with Gasteiger partial charge in [0, 0.05) is 23.4 Å². The second-order valence-electron chi connectivity index (χ2n) is 8.27. The van der Waals surface area contributed by atoms with E-state index < -0.39 is 0 Å². The number of carbonyl (C=O) groups is 1. The molecular formula is C27H29N3O3. The minimum atomic E-state index is -0.191. The van der Waals surface area contributed by atoms with Gasteiger partial charge in [-0.05, 0) is 66.6 Å². The molecule has 33 heavy (non-hydrogen) atoms. The largest absolute Gasteiger partial charge is 0.497 e. The first-order chi connectivity index (χ1) is 16.0. The van der Waals surface area contributed by atoms with Gasteiger partial charge in [0.1, 0.15) is 11.3 Å². The number of hydrogen-bond donors (Lipinski definition) is 1. The van der Waals surface area contributed by atoms with Crippen molar-refractivity contribution in [3.8, 4) is 5.75 Å². The molecule has 0 saturated carbocycles. The van der Waals surface area contributed by atoms with E-state index in [1.807, 2.05) is 43.5 Å². The van der Waals surface area contributed by atoms with Crippen LogP contribution < -0.4 is 10.5 Å². The lowest BCUT2D eigenvalue weighted by Crippen LogP contribution is -2.05. The van der Waals surface area contributed by atoms with Crippen molar-refractivity contribution in [3.63, 3.8) is 0 Å². The van der Waals surface area contributed by atoms with E-state index in [0.29, 0.717) is 30.8 Å². The third-order valence-electron chi connectivity index (χ3n) is 5.94. The number of esters is 1. The number of anilines is 1. The predicted molar refractivity (Wildman–Crippen MR) is 132 cm³/mol. The summed E-state index contributed by atoms with van der Waals surface area (Å²) in [5.41, 5.74) is 11.2. The van der Waals surface area contributed by atoms with Crippen LogP contribution in [0.4, 0.5) is 5.82 Å². The highest BCUT2D eigenvalue weighted by atomic mass is 16.5. The number of carbonyl (C=O) groups excluding carboxylic acids is 1. The number of pyridine rings is 2. The van der Waals surface area contributed by atoms with Crippen molar-refractivity contribution in [1.82, 2.24) is 9.97 Å². The molecule has 0 fully saturated rings. The Kier molecular flexibility index (Phi) is 6.73. The first-order valence-corrected chi connectivity index (χ1v) is 11.2. The van der Waals surface area contributed by atoms with Crippen LogP contribution in [-0.4, -0.2) is 29.7 Å². The summed E-state index contributed by atoms with van der Waals surface area (Å²) in [5.74, 6) is 1.36. The molecule has 170 valence electrons. The summed E-state index contributed by atoms with van der Waals surface area (Å²) < 4.78 is 10.3. The molecule has 1 unspecified atom stereocenters. The molecule has 0 amide bonds. The van der Waals surface area contributed by atoms with Gasteiger partial charge in [-0.3, -0.25) is 9.78 Å². The zero-order valence-electron chi connectivity index (χ0n) is 19.3. The minimum absolute atomic E-state index is 0.191. The number of nitrogens with zero attached hydrogens (tertiary/aromatic N) is 2. The molecule has 0 aliphatic heterocycles. The highest BCUT2D eigenvalue weighted by Gasteiger charge is 2.13. The molecule has 6 nitrogen and oxygen atoms in total. The molecule has 0 radical (unpaired) electrons. The molecule has 2 aromatic heterocycles. The van der Waals surface area contributed by atoms with Crippen LogP contribution in [-0.2, 0) is 22.4 Å². The number of rotatable bonds is 8. The van der Waals surface area contributed by atoms with Gasteiger partial charge in [-0.2, -0.15) is 0 Å². The Bertz CT molecular complexity index is 1290. The van der Waals surface area contributed by atoms with Crippen molar-refractivity contribution in [2.75, 3.05) is 19.5 Å². The van der Waals surface area contributed by atoms with Gasteiger partial charge in [0.2, 0.25) is 0 Å². The van der Waals surface area contributed by atoms with Crippen LogP contribution in [0, 0.1) is 0 Å².